The molecule has 0 atom stereocenters. The topological polar surface area (TPSA) is 55.1 Å². The van der Waals surface area contributed by atoms with Crippen molar-refractivity contribution in [2.45, 2.75) is 14.0 Å². The first-order valence-corrected chi connectivity index (χ1v) is 10.3. The normalized spacial score (nSPS) is 9.22. The van der Waals surface area contributed by atoms with Crippen LogP contribution in [0.4, 0.5) is 0 Å². The Bertz CT molecular complexity index is 1030. The number of benzene rings is 4. The van der Waals surface area contributed by atoms with Crippen LogP contribution in [0.1, 0.15) is 23.3 Å². The largest absolute Gasteiger partial charge is 0.333 e. The highest BCUT2D eigenvalue weighted by molar-refractivity contribution is 5.78. The molecule has 4 aromatic carbocycles. The Labute approximate surface area is 192 Å². The zero-order valence-electron chi connectivity index (χ0n) is 18.2. The van der Waals surface area contributed by atoms with Crippen molar-refractivity contribution in [2.75, 3.05) is 14.1 Å². The monoisotopic (exact) mass is 426 g/mol. The van der Waals surface area contributed by atoms with Gasteiger partial charge in [-0.2, -0.15) is 0 Å². The van der Waals surface area contributed by atoms with Gasteiger partial charge in [-0.15, -0.1) is 0 Å². The molecule has 0 radical (unpaired) electrons. The van der Waals surface area contributed by atoms with Crippen LogP contribution >= 0.6 is 0 Å². The molecule has 0 fully saturated rings. The van der Waals surface area contributed by atoms with Gasteiger partial charge in [0.05, 0.1) is 0 Å². The predicted octanol–water partition coefficient (Wildman–Crippen LogP) is 6.45. The first kappa shape index (κ1) is 26.5. The average molecular weight is 427 g/mol. The Hall–Kier alpha value is -3.53. The third-order valence-electron chi connectivity index (χ3n) is 4.54. The van der Waals surface area contributed by atoms with E-state index in [0.29, 0.717) is 5.56 Å². The zero-order chi connectivity index (χ0) is 22.3. The number of hydrogen-bond donors (Lipinski definition) is 2. The molecule has 0 amide bonds. The lowest BCUT2D eigenvalue weighted by molar-refractivity contribution is 0.112. The Morgan fingerprint density at radius 1 is 0.656 bits per heavy atom. The van der Waals surface area contributed by atoms with E-state index in [1.54, 1.807) is 6.07 Å². The minimum Gasteiger partial charge on any atom is -0.333 e. The standard InChI is InChI=1S/C14H15N.C13H10O.CH5N.CH4/c1-15-11-12-6-5-9-14(10-12)13-7-3-2-4-8-13;14-10-11-5-4-8-13(9-11)12-6-2-1-3-7-12;1-2;/h2-10,15H,11H2,1H3;1-10H;2H2,1H3;1H4. The highest BCUT2D eigenvalue weighted by atomic mass is 16.1. The quantitative estimate of drug-likeness (QED) is 0.361. The van der Waals surface area contributed by atoms with Crippen molar-refractivity contribution in [3.05, 3.63) is 120 Å². The van der Waals surface area contributed by atoms with Gasteiger partial charge in [0.2, 0.25) is 0 Å². The van der Waals surface area contributed by atoms with Gasteiger partial charge in [-0.05, 0) is 54.0 Å². The summed E-state index contributed by atoms with van der Waals surface area (Å²) in [7, 11) is 3.47. The van der Waals surface area contributed by atoms with Gasteiger partial charge in [-0.25, -0.2) is 0 Å². The van der Waals surface area contributed by atoms with E-state index in [9.17, 15) is 4.79 Å². The highest BCUT2D eigenvalue weighted by Gasteiger charge is 1.98. The van der Waals surface area contributed by atoms with Crippen LogP contribution < -0.4 is 11.1 Å². The van der Waals surface area contributed by atoms with Gasteiger partial charge in [-0.3, -0.25) is 4.79 Å². The highest BCUT2D eigenvalue weighted by Crippen LogP contribution is 2.20. The number of carbonyl (C=O) groups excluding carboxylic acids is 1. The van der Waals surface area contributed by atoms with E-state index in [4.69, 9.17) is 0 Å². The molecule has 32 heavy (non-hydrogen) atoms. The molecule has 0 heterocycles. The summed E-state index contributed by atoms with van der Waals surface area (Å²) in [5.41, 5.74) is 11.3. The van der Waals surface area contributed by atoms with Crippen molar-refractivity contribution in [2.24, 2.45) is 5.73 Å². The van der Waals surface area contributed by atoms with Crippen molar-refractivity contribution in [3.8, 4) is 22.3 Å². The van der Waals surface area contributed by atoms with Gasteiger partial charge < -0.3 is 11.1 Å². The average Bonchev–Trinajstić information content (AvgIpc) is 2.87. The number of carbonyl (C=O) groups is 1. The molecule has 0 aliphatic rings. The van der Waals surface area contributed by atoms with Crippen LogP contribution in [0, 0.1) is 0 Å². The molecular formula is C29H34N2O. The Morgan fingerprint density at radius 3 is 1.62 bits per heavy atom. The number of nitrogens with two attached hydrogens (primary N) is 1. The molecular weight excluding hydrogens is 392 g/mol. The zero-order valence-corrected chi connectivity index (χ0v) is 18.2. The lowest BCUT2D eigenvalue weighted by atomic mass is 10.0. The van der Waals surface area contributed by atoms with Gasteiger partial charge in [-0.1, -0.05) is 104 Å². The van der Waals surface area contributed by atoms with Crippen LogP contribution in [-0.2, 0) is 6.54 Å². The Kier molecular flexibility index (Phi) is 12.7. The van der Waals surface area contributed by atoms with E-state index in [2.05, 4.69) is 59.6 Å². The molecule has 4 aromatic rings. The maximum absolute atomic E-state index is 10.6. The molecule has 4 rings (SSSR count). The SMILES string of the molecule is C.CN.CNCc1cccc(-c2ccccc2)c1.O=Cc1cccc(-c2ccccc2)c1. The number of hydrogen-bond acceptors (Lipinski definition) is 3. The van der Waals surface area contributed by atoms with Gasteiger partial charge in [0.1, 0.15) is 6.29 Å². The van der Waals surface area contributed by atoms with Crippen LogP contribution in [-0.4, -0.2) is 20.4 Å². The van der Waals surface area contributed by atoms with Crippen molar-refractivity contribution >= 4 is 6.29 Å². The van der Waals surface area contributed by atoms with Gasteiger partial charge in [0, 0.05) is 12.1 Å². The Balaban J connectivity index is 0.000000289. The fraction of sp³-hybridized carbons (Fsp3) is 0.138. The van der Waals surface area contributed by atoms with E-state index in [-0.39, 0.29) is 7.43 Å². The lowest BCUT2D eigenvalue weighted by Crippen LogP contribution is -2.04. The molecule has 3 N–H and O–H groups in total. The summed E-state index contributed by atoms with van der Waals surface area (Å²) in [5.74, 6) is 0. The van der Waals surface area contributed by atoms with E-state index >= 15 is 0 Å². The van der Waals surface area contributed by atoms with Crippen LogP contribution in [0.2, 0.25) is 0 Å². The third-order valence-corrected chi connectivity index (χ3v) is 4.54. The van der Waals surface area contributed by atoms with Crippen molar-refractivity contribution in [1.82, 2.24) is 5.32 Å². The summed E-state index contributed by atoms with van der Waals surface area (Å²) < 4.78 is 0. The van der Waals surface area contributed by atoms with Gasteiger partial charge in [0.25, 0.3) is 0 Å². The Morgan fingerprint density at radius 2 is 1.12 bits per heavy atom. The minimum atomic E-state index is 0. The van der Waals surface area contributed by atoms with Crippen LogP contribution in [0.15, 0.2) is 109 Å². The second kappa shape index (κ2) is 15.3. The molecule has 0 aromatic heterocycles. The molecule has 3 nitrogen and oxygen atoms in total. The molecule has 0 saturated heterocycles. The van der Waals surface area contributed by atoms with E-state index in [1.165, 1.54) is 23.7 Å². The van der Waals surface area contributed by atoms with Crippen LogP contribution in [0.5, 0.6) is 0 Å². The summed E-state index contributed by atoms with van der Waals surface area (Å²) in [5, 5.41) is 3.16. The van der Waals surface area contributed by atoms with Crippen LogP contribution in [0.25, 0.3) is 22.3 Å². The molecule has 0 aliphatic heterocycles. The fourth-order valence-electron chi connectivity index (χ4n) is 3.12. The summed E-state index contributed by atoms with van der Waals surface area (Å²) >= 11 is 0. The van der Waals surface area contributed by atoms with Crippen molar-refractivity contribution in [3.63, 3.8) is 0 Å². The first-order chi connectivity index (χ1) is 15.3. The van der Waals surface area contributed by atoms with E-state index < -0.39 is 0 Å². The maximum Gasteiger partial charge on any atom is 0.150 e. The number of aldehydes is 1. The lowest BCUT2D eigenvalue weighted by Gasteiger charge is -2.04. The summed E-state index contributed by atoms with van der Waals surface area (Å²) in [6, 6.07) is 36.7. The van der Waals surface area contributed by atoms with E-state index in [1.807, 2.05) is 61.6 Å². The number of rotatable bonds is 5. The third kappa shape index (κ3) is 8.31. The molecule has 0 bridgehead atoms. The number of nitrogens with one attached hydrogen (secondary N) is 1. The summed E-state index contributed by atoms with van der Waals surface area (Å²) in [6.45, 7) is 0.917. The second-order valence-corrected chi connectivity index (χ2v) is 6.71. The van der Waals surface area contributed by atoms with E-state index in [0.717, 1.165) is 24.0 Å². The van der Waals surface area contributed by atoms with Crippen LogP contribution in [0.3, 0.4) is 0 Å². The van der Waals surface area contributed by atoms with Crippen molar-refractivity contribution < 1.29 is 4.79 Å². The minimum absolute atomic E-state index is 0. The molecule has 0 saturated carbocycles. The molecule has 0 unspecified atom stereocenters. The molecule has 3 heteroatoms. The molecule has 0 spiro atoms. The molecule has 0 aliphatic carbocycles. The predicted molar refractivity (Wildman–Crippen MR) is 139 cm³/mol. The molecule has 166 valence electrons. The van der Waals surface area contributed by atoms with Crippen molar-refractivity contribution in [1.29, 1.82) is 0 Å². The smallest absolute Gasteiger partial charge is 0.150 e. The summed E-state index contributed by atoms with van der Waals surface area (Å²) in [6.07, 6.45) is 0.867. The second-order valence-electron chi connectivity index (χ2n) is 6.71. The van der Waals surface area contributed by atoms with Gasteiger partial charge >= 0.3 is 0 Å². The van der Waals surface area contributed by atoms with Gasteiger partial charge in [0.15, 0.2) is 0 Å². The maximum atomic E-state index is 10.6. The summed E-state index contributed by atoms with van der Waals surface area (Å²) in [4.78, 5) is 10.6. The fourth-order valence-corrected chi connectivity index (χ4v) is 3.12. The first-order valence-electron chi connectivity index (χ1n) is 10.3.